The molecule has 27 heavy (non-hydrogen) atoms. The first-order chi connectivity index (χ1) is 13.1. The van der Waals surface area contributed by atoms with E-state index in [1.165, 1.54) is 4.88 Å². The molecule has 7 heteroatoms. The van der Waals surface area contributed by atoms with Gasteiger partial charge in [-0.15, -0.1) is 11.3 Å². The van der Waals surface area contributed by atoms with Crippen LogP contribution in [0, 0.1) is 0 Å². The highest BCUT2D eigenvalue weighted by Gasteiger charge is 2.18. The Balaban J connectivity index is 1.91. The predicted octanol–water partition coefficient (Wildman–Crippen LogP) is 7.73. The summed E-state index contributed by atoms with van der Waals surface area (Å²) >= 11 is 17.6. The molecule has 2 aromatic heterocycles. The summed E-state index contributed by atoms with van der Waals surface area (Å²) in [5.41, 5.74) is 3.06. The Kier molecular flexibility index (Phi) is 5.37. The van der Waals surface area contributed by atoms with Crippen molar-refractivity contribution in [1.82, 2.24) is 9.97 Å². The van der Waals surface area contributed by atoms with E-state index in [1.54, 1.807) is 29.8 Å². The minimum atomic E-state index is 0.547. The van der Waals surface area contributed by atoms with E-state index in [1.807, 2.05) is 18.2 Å². The molecular weight excluding hydrogens is 465 g/mol. The Morgan fingerprint density at radius 3 is 2.56 bits per heavy atom. The Morgan fingerprint density at radius 2 is 1.85 bits per heavy atom. The number of hydrogen-bond acceptors (Lipinski definition) is 4. The van der Waals surface area contributed by atoms with Crippen LogP contribution in [-0.4, -0.2) is 9.97 Å². The molecule has 0 aliphatic carbocycles. The lowest BCUT2D eigenvalue weighted by molar-refractivity contribution is 1.19. The second-order valence-electron chi connectivity index (χ2n) is 5.91. The van der Waals surface area contributed by atoms with E-state index in [0.717, 1.165) is 43.7 Å². The number of fused-ring (bicyclic) bond motifs is 1. The van der Waals surface area contributed by atoms with Gasteiger partial charge in [0.1, 0.15) is 17.0 Å². The molecule has 2 heterocycles. The molecule has 136 valence electrons. The maximum absolute atomic E-state index is 6.34. The number of halogens is 3. The van der Waals surface area contributed by atoms with Gasteiger partial charge in [-0.1, -0.05) is 58.2 Å². The zero-order chi connectivity index (χ0) is 19.0. The Morgan fingerprint density at radius 1 is 1.07 bits per heavy atom. The van der Waals surface area contributed by atoms with Gasteiger partial charge in [0.15, 0.2) is 0 Å². The maximum atomic E-state index is 6.34. The second-order valence-corrected chi connectivity index (χ2v) is 8.76. The number of nitrogens with one attached hydrogen (secondary N) is 1. The van der Waals surface area contributed by atoms with Crippen LogP contribution in [0.4, 0.5) is 11.5 Å². The first-order valence-corrected chi connectivity index (χ1v) is 10.7. The zero-order valence-electron chi connectivity index (χ0n) is 14.3. The van der Waals surface area contributed by atoms with Crippen molar-refractivity contribution in [2.45, 2.75) is 13.3 Å². The van der Waals surface area contributed by atoms with Gasteiger partial charge >= 0.3 is 0 Å². The summed E-state index contributed by atoms with van der Waals surface area (Å²) in [6.07, 6.45) is 2.50. The molecule has 4 rings (SSSR count). The van der Waals surface area contributed by atoms with Crippen molar-refractivity contribution in [1.29, 1.82) is 0 Å². The minimum Gasteiger partial charge on any atom is -0.338 e. The fourth-order valence-electron chi connectivity index (χ4n) is 2.96. The number of benzene rings is 2. The van der Waals surface area contributed by atoms with E-state index >= 15 is 0 Å². The SMILES string of the molecule is CCc1sc2ncnc(Nc3ccc(Cl)cc3Cl)c2c1-c1ccc(Br)cc1. The Bertz CT molecular complexity index is 1130. The molecule has 0 atom stereocenters. The number of anilines is 2. The normalized spacial score (nSPS) is 11.1. The van der Waals surface area contributed by atoms with E-state index in [-0.39, 0.29) is 0 Å². The molecule has 0 radical (unpaired) electrons. The standard InChI is InChI=1S/C20H14BrCl2N3S/c1-2-16-17(11-3-5-12(21)6-4-11)18-19(24-10-25-20(18)27-16)26-15-8-7-13(22)9-14(15)23/h3-10H,2H2,1H3,(H,24,25,26). The highest BCUT2D eigenvalue weighted by atomic mass is 79.9. The van der Waals surface area contributed by atoms with E-state index in [0.29, 0.717) is 10.0 Å². The highest BCUT2D eigenvalue weighted by molar-refractivity contribution is 9.10. The number of hydrogen-bond donors (Lipinski definition) is 1. The van der Waals surface area contributed by atoms with Gasteiger partial charge in [0.2, 0.25) is 0 Å². The summed E-state index contributed by atoms with van der Waals surface area (Å²) < 4.78 is 1.05. The molecular formula is C20H14BrCl2N3S. The fraction of sp³-hybridized carbons (Fsp3) is 0.100. The lowest BCUT2D eigenvalue weighted by Gasteiger charge is -2.11. The van der Waals surface area contributed by atoms with Crippen LogP contribution in [-0.2, 0) is 6.42 Å². The average Bonchev–Trinajstić information content (AvgIpc) is 3.04. The van der Waals surface area contributed by atoms with Crippen LogP contribution in [0.3, 0.4) is 0 Å². The maximum Gasteiger partial charge on any atom is 0.143 e. The molecule has 2 aromatic carbocycles. The van der Waals surface area contributed by atoms with Gasteiger partial charge in [0.25, 0.3) is 0 Å². The smallest absolute Gasteiger partial charge is 0.143 e. The lowest BCUT2D eigenvalue weighted by atomic mass is 10.0. The zero-order valence-corrected chi connectivity index (χ0v) is 18.2. The number of nitrogens with zero attached hydrogens (tertiary/aromatic N) is 2. The monoisotopic (exact) mass is 477 g/mol. The van der Waals surface area contributed by atoms with E-state index in [9.17, 15) is 0 Å². The Hall–Kier alpha value is -1.66. The quantitative estimate of drug-likeness (QED) is 0.326. The van der Waals surface area contributed by atoms with Gasteiger partial charge in [-0.25, -0.2) is 9.97 Å². The van der Waals surface area contributed by atoms with Crippen LogP contribution in [0.25, 0.3) is 21.3 Å². The van der Waals surface area contributed by atoms with Gasteiger partial charge in [0.05, 0.1) is 16.1 Å². The van der Waals surface area contributed by atoms with Crippen LogP contribution in [0.5, 0.6) is 0 Å². The van der Waals surface area contributed by atoms with Gasteiger partial charge in [-0.2, -0.15) is 0 Å². The van der Waals surface area contributed by atoms with Crippen molar-refractivity contribution in [2.75, 3.05) is 5.32 Å². The van der Waals surface area contributed by atoms with Crippen molar-refractivity contribution in [2.24, 2.45) is 0 Å². The van der Waals surface area contributed by atoms with Gasteiger partial charge in [0, 0.05) is 19.9 Å². The third kappa shape index (κ3) is 3.69. The van der Waals surface area contributed by atoms with Gasteiger partial charge in [-0.05, 0) is 42.3 Å². The third-order valence-electron chi connectivity index (χ3n) is 4.20. The molecule has 0 aliphatic heterocycles. The van der Waals surface area contributed by atoms with E-state index in [2.05, 4.69) is 50.3 Å². The summed E-state index contributed by atoms with van der Waals surface area (Å²) in [7, 11) is 0. The average molecular weight is 479 g/mol. The predicted molar refractivity (Wildman–Crippen MR) is 120 cm³/mol. The molecule has 0 saturated heterocycles. The van der Waals surface area contributed by atoms with Crippen LogP contribution < -0.4 is 5.32 Å². The first kappa shape index (κ1) is 18.7. The highest BCUT2D eigenvalue weighted by Crippen LogP contribution is 2.42. The summed E-state index contributed by atoms with van der Waals surface area (Å²) in [6.45, 7) is 2.16. The van der Waals surface area contributed by atoms with Crippen molar-refractivity contribution in [3.05, 3.63) is 68.2 Å². The van der Waals surface area contributed by atoms with Crippen molar-refractivity contribution < 1.29 is 0 Å². The molecule has 0 amide bonds. The summed E-state index contributed by atoms with van der Waals surface area (Å²) in [6, 6.07) is 13.7. The van der Waals surface area contributed by atoms with Crippen molar-refractivity contribution in [3.63, 3.8) is 0 Å². The van der Waals surface area contributed by atoms with Crippen LogP contribution in [0.1, 0.15) is 11.8 Å². The third-order valence-corrected chi connectivity index (χ3v) is 6.52. The van der Waals surface area contributed by atoms with E-state index < -0.39 is 0 Å². The van der Waals surface area contributed by atoms with Crippen LogP contribution >= 0.6 is 50.5 Å². The number of thiophene rings is 1. The van der Waals surface area contributed by atoms with E-state index in [4.69, 9.17) is 23.2 Å². The topological polar surface area (TPSA) is 37.8 Å². The summed E-state index contributed by atoms with van der Waals surface area (Å²) in [4.78, 5) is 11.2. The molecule has 0 bridgehead atoms. The number of rotatable bonds is 4. The van der Waals surface area contributed by atoms with Crippen LogP contribution in [0.15, 0.2) is 53.3 Å². The van der Waals surface area contributed by atoms with Gasteiger partial charge < -0.3 is 5.32 Å². The fourth-order valence-corrected chi connectivity index (χ4v) is 4.78. The summed E-state index contributed by atoms with van der Waals surface area (Å²) in [5, 5.41) is 5.51. The second kappa shape index (κ2) is 7.76. The summed E-state index contributed by atoms with van der Waals surface area (Å²) in [5.74, 6) is 0.734. The molecule has 0 aliphatic rings. The first-order valence-electron chi connectivity index (χ1n) is 8.31. The molecule has 1 N–H and O–H groups in total. The number of aryl methyl sites for hydroxylation is 1. The largest absolute Gasteiger partial charge is 0.338 e. The molecule has 0 spiro atoms. The van der Waals surface area contributed by atoms with Crippen molar-refractivity contribution in [3.8, 4) is 11.1 Å². The van der Waals surface area contributed by atoms with Crippen LogP contribution in [0.2, 0.25) is 10.0 Å². The van der Waals surface area contributed by atoms with Gasteiger partial charge in [-0.3, -0.25) is 0 Å². The minimum absolute atomic E-state index is 0.547. The molecule has 4 aromatic rings. The molecule has 0 unspecified atom stereocenters. The molecule has 3 nitrogen and oxygen atoms in total. The molecule has 0 saturated carbocycles. The Labute approximate surface area is 179 Å². The lowest BCUT2D eigenvalue weighted by Crippen LogP contribution is -1.96. The van der Waals surface area contributed by atoms with Crippen molar-refractivity contribution >= 4 is 72.2 Å². The number of aromatic nitrogens is 2. The molecule has 0 fully saturated rings.